The van der Waals surface area contributed by atoms with Crippen molar-refractivity contribution < 1.29 is 18.8 Å². The molecule has 0 atom stereocenters. The van der Waals surface area contributed by atoms with E-state index in [1.807, 2.05) is 0 Å². The molecule has 1 amide bonds. The Morgan fingerprint density at radius 1 is 1.26 bits per heavy atom. The van der Waals surface area contributed by atoms with Crippen LogP contribution in [0.3, 0.4) is 0 Å². The summed E-state index contributed by atoms with van der Waals surface area (Å²) in [5.41, 5.74) is -0.542. The van der Waals surface area contributed by atoms with Crippen LogP contribution in [0.5, 0.6) is 0 Å². The fraction of sp³-hybridized carbons (Fsp3) is 0.533. The quantitative estimate of drug-likeness (QED) is 0.617. The second kappa shape index (κ2) is 6.39. The Bertz CT molecular complexity index is 607. The Balaban J connectivity index is 2.03. The molecule has 1 aliphatic rings. The maximum atomic E-state index is 13.9. The molecule has 0 bridgehead atoms. The third kappa shape index (κ3) is 4.30. The van der Waals surface area contributed by atoms with Crippen LogP contribution in [0.25, 0.3) is 0 Å². The minimum atomic E-state index is -0.569. The zero-order valence-corrected chi connectivity index (χ0v) is 13.4. The highest BCUT2D eigenvalue weighted by Gasteiger charge is 2.27. The molecule has 1 saturated heterocycles. The lowest BCUT2D eigenvalue weighted by molar-refractivity contribution is -0.384. The molecule has 0 aliphatic carbocycles. The highest BCUT2D eigenvalue weighted by molar-refractivity contribution is 5.68. The lowest BCUT2D eigenvalue weighted by atomic mass is 10.2. The minimum Gasteiger partial charge on any atom is -0.444 e. The Hall–Kier alpha value is -2.38. The lowest BCUT2D eigenvalue weighted by Gasteiger charge is -2.36. The maximum Gasteiger partial charge on any atom is 0.410 e. The van der Waals surface area contributed by atoms with Gasteiger partial charge in [-0.05, 0) is 26.8 Å². The molecule has 1 aliphatic heterocycles. The van der Waals surface area contributed by atoms with E-state index in [2.05, 4.69) is 0 Å². The lowest BCUT2D eigenvalue weighted by Crippen LogP contribution is -2.50. The van der Waals surface area contributed by atoms with Crippen molar-refractivity contribution in [2.45, 2.75) is 26.4 Å². The average molecular weight is 325 g/mol. The molecular formula is C15H20FN3O4. The molecule has 0 N–H and O–H groups in total. The monoisotopic (exact) mass is 325 g/mol. The van der Waals surface area contributed by atoms with E-state index >= 15 is 0 Å². The van der Waals surface area contributed by atoms with Gasteiger partial charge in [-0.2, -0.15) is 0 Å². The number of rotatable bonds is 2. The van der Waals surface area contributed by atoms with Crippen LogP contribution >= 0.6 is 0 Å². The van der Waals surface area contributed by atoms with Crippen LogP contribution in [0, 0.1) is 15.9 Å². The Kier molecular flexibility index (Phi) is 4.72. The minimum absolute atomic E-state index is 0.157. The summed E-state index contributed by atoms with van der Waals surface area (Å²) in [4.78, 5) is 25.5. The molecule has 0 spiro atoms. The molecule has 2 rings (SSSR count). The van der Waals surface area contributed by atoms with Crippen LogP contribution in [-0.2, 0) is 4.74 Å². The number of carbonyl (C=O) groups excluding carboxylic acids is 1. The number of non-ortho nitro benzene ring substituents is 1. The number of ether oxygens (including phenoxy) is 1. The predicted octanol–water partition coefficient (Wildman–Crippen LogP) is 2.79. The van der Waals surface area contributed by atoms with Gasteiger partial charge in [0.15, 0.2) is 0 Å². The van der Waals surface area contributed by atoms with Gasteiger partial charge in [-0.3, -0.25) is 10.1 Å². The molecule has 7 nitrogen and oxygen atoms in total. The average Bonchev–Trinajstić information content (AvgIpc) is 2.46. The molecule has 0 radical (unpaired) electrons. The molecule has 1 heterocycles. The van der Waals surface area contributed by atoms with E-state index in [1.165, 1.54) is 6.07 Å². The number of benzene rings is 1. The topological polar surface area (TPSA) is 75.9 Å². The van der Waals surface area contributed by atoms with Gasteiger partial charge in [0.1, 0.15) is 11.4 Å². The van der Waals surface area contributed by atoms with Gasteiger partial charge in [0.2, 0.25) is 0 Å². The van der Waals surface area contributed by atoms with E-state index in [0.717, 1.165) is 12.1 Å². The number of anilines is 1. The van der Waals surface area contributed by atoms with Crippen molar-refractivity contribution in [3.63, 3.8) is 0 Å². The second-order valence-corrected chi connectivity index (χ2v) is 6.35. The number of nitrogens with zero attached hydrogens (tertiary/aromatic N) is 3. The standard InChI is InChI=1S/C15H20FN3O4/c1-15(2,3)23-14(20)18-8-6-17(7-9-18)13-10-11(19(21)22)4-5-12(13)16/h4-5,10H,6-9H2,1-3H3. The van der Waals surface area contributed by atoms with Gasteiger partial charge in [0.05, 0.1) is 10.6 Å². The third-order valence-electron chi connectivity index (χ3n) is 3.41. The molecule has 0 aromatic heterocycles. The summed E-state index contributed by atoms with van der Waals surface area (Å²) in [5, 5.41) is 10.8. The summed E-state index contributed by atoms with van der Waals surface area (Å²) in [6, 6.07) is 3.45. The number of piperazine rings is 1. The first-order valence-corrected chi connectivity index (χ1v) is 7.34. The van der Waals surface area contributed by atoms with Crippen molar-refractivity contribution >= 4 is 17.5 Å². The number of amides is 1. The normalized spacial score (nSPS) is 15.5. The smallest absolute Gasteiger partial charge is 0.410 e. The van der Waals surface area contributed by atoms with Gasteiger partial charge in [-0.15, -0.1) is 0 Å². The van der Waals surface area contributed by atoms with Crippen LogP contribution in [0.4, 0.5) is 20.6 Å². The number of nitro groups is 1. The van der Waals surface area contributed by atoms with Crippen LogP contribution in [-0.4, -0.2) is 47.7 Å². The number of hydrogen-bond acceptors (Lipinski definition) is 5. The Morgan fingerprint density at radius 2 is 1.87 bits per heavy atom. The van der Waals surface area contributed by atoms with Crippen molar-refractivity contribution in [2.75, 3.05) is 31.1 Å². The number of halogens is 1. The fourth-order valence-electron chi connectivity index (χ4n) is 2.31. The first-order chi connectivity index (χ1) is 10.7. The van der Waals surface area contributed by atoms with E-state index in [0.29, 0.717) is 26.2 Å². The zero-order chi connectivity index (χ0) is 17.2. The van der Waals surface area contributed by atoms with Crippen molar-refractivity contribution in [1.29, 1.82) is 0 Å². The Labute approximate surface area is 133 Å². The number of nitro benzene ring substituents is 1. The molecule has 126 valence electrons. The predicted molar refractivity (Wildman–Crippen MR) is 83.1 cm³/mol. The van der Waals surface area contributed by atoms with Crippen molar-refractivity contribution in [3.8, 4) is 0 Å². The van der Waals surface area contributed by atoms with E-state index < -0.39 is 22.4 Å². The van der Waals surface area contributed by atoms with Gasteiger partial charge < -0.3 is 14.5 Å². The van der Waals surface area contributed by atoms with Gasteiger partial charge in [-0.25, -0.2) is 9.18 Å². The first kappa shape index (κ1) is 17.0. The van der Waals surface area contributed by atoms with Gasteiger partial charge >= 0.3 is 6.09 Å². The number of hydrogen-bond donors (Lipinski definition) is 0. The van der Waals surface area contributed by atoms with Gasteiger partial charge in [0.25, 0.3) is 5.69 Å². The van der Waals surface area contributed by atoms with Gasteiger partial charge in [0, 0.05) is 38.3 Å². The molecule has 1 aromatic carbocycles. The van der Waals surface area contributed by atoms with Crippen molar-refractivity contribution in [3.05, 3.63) is 34.1 Å². The van der Waals surface area contributed by atoms with Crippen LogP contribution in [0.2, 0.25) is 0 Å². The fourth-order valence-corrected chi connectivity index (χ4v) is 2.31. The van der Waals surface area contributed by atoms with E-state index in [-0.39, 0.29) is 11.4 Å². The summed E-state index contributed by atoms with van der Waals surface area (Å²) in [6.07, 6.45) is -0.406. The molecule has 1 aromatic rings. The summed E-state index contributed by atoms with van der Waals surface area (Å²) >= 11 is 0. The molecule has 0 saturated carbocycles. The van der Waals surface area contributed by atoms with E-state index in [9.17, 15) is 19.3 Å². The van der Waals surface area contributed by atoms with Crippen LogP contribution < -0.4 is 4.90 Å². The summed E-state index contributed by atoms with van der Waals surface area (Å²) < 4.78 is 19.2. The molecule has 23 heavy (non-hydrogen) atoms. The third-order valence-corrected chi connectivity index (χ3v) is 3.41. The van der Waals surface area contributed by atoms with E-state index in [1.54, 1.807) is 30.6 Å². The Morgan fingerprint density at radius 3 is 2.39 bits per heavy atom. The highest BCUT2D eigenvalue weighted by atomic mass is 19.1. The number of carbonyl (C=O) groups is 1. The van der Waals surface area contributed by atoms with Gasteiger partial charge in [-0.1, -0.05) is 0 Å². The van der Waals surface area contributed by atoms with Crippen molar-refractivity contribution in [2.24, 2.45) is 0 Å². The highest BCUT2D eigenvalue weighted by Crippen LogP contribution is 2.26. The summed E-state index contributed by atoms with van der Waals surface area (Å²) in [5.74, 6) is -0.513. The SMILES string of the molecule is CC(C)(C)OC(=O)N1CCN(c2cc([N+](=O)[O-])ccc2F)CC1. The molecule has 1 fully saturated rings. The largest absolute Gasteiger partial charge is 0.444 e. The summed E-state index contributed by atoms with van der Waals surface area (Å²) in [7, 11) is 0. The van der Waals surface area contributed by atoms with E-state index in [4.69, 9.17) is 4.74 Å². The van der Waals surface area contributed by atoms with Crippen molar-refractivity contribution in [1.82, 2.24) is 4.90 Å². The molecular weight excluding hydrogens is 305 g/mol. The zero-order valence-electron chi connectivity index (χ0n) is 13.4. The first-order valence-electron chi connectivity index (χ1n) is 7.34. The summed E-state index contributed by atoms with van der Waals surface area (Å²) in [6.45, 7) is 6.89. The molecule has 0 unspecified atom stereocenters. The van der Waals surface area contributed by atoms with Crippen LogP contribution in [0.1, 0.15) is 20.8 Å². The maximum absolute atomic E-state index is 13.9. The molecule has 8 heteroatoms. The second-order valence-electron chi connectivity index (χ2n) is 6.35. The van der Waals surface area contributed by atoms with Crippen LogP contribution in [0.15, 0.2) is 18.2 Å².